The third-order valence-electron chi connectivity index (χ3n) is 4.64. The van der Waals surface area contributed by atoms with E-state index < -0.39 is 11.9 Å². The molecule has 1 aromatic heterocycles. The Morgan fingerprint density at radius 3 is 2.88 bits per heavy atom. The highest BCUT2D eigenvalue weighted by Crippen LogP contribution is 2.25. The van der Waals surface area contributed by atoms with Gasteiger partial charge >= 0.3 is 0 Å². The Labute approximate surface area is 140 Å². The van der Waals surface area contributed by atoms with Gasteiger partial charge in [0, 0.05) is 11.9 Å². The van der Waals surface area contributed by atoms with E-state index in [0.717, 1.165) is 22.4 Å². The molecule has 2 atom stereocenters. The Bertz CT molecular complexity index is 857. The SMILES string of the molecule is Cc1ccc(C)c([C@@H](C)Nc2ncc3n(c2=O)C(C(N)=O)CC3)c1. The molecule has 0 saturated heterocycles. The van der Waals surface area contributed by atoms with E-state index >= 15 is 0 Å². The smallest absolute Gasteiger partial charge is 0.294 e. The summed E-state index contributed by atoms with van der Waals surface area (Å²) in [5.74, 6) is -0.226. The van der Waals surface area contributed by atoms with Crippen LogP contribution in [0.4, 0.5) is 5.82 Å². The van der Waals surface area contributed by atoms with E-state index in [-0.39, 0.29) is 17.4 Å². The number of anilines is 1. The number of hydrogen-bond donors (Lipinski definition) is 2. The molecule has 1 unspecified atom stereocenters. The van der Waals surface area contributed by atoms with Crippen molar-refractivity contribution in [1.29, 1.82) is 0 Å². The van der Waals surface area contributed by atoms with Crippen LogP contribution in [0.1, 0.15) is 47.8 Å². The van der Waals surface area contributed by atoms with Gasteiger partial charge in [-0.15, -0.1) is 0 Å². The molecule has 1 aliphatic rings. The molecule has 0 aliphatic carbocycles. The van der Waals surface area contributed by atoms with Crippen LogP contribution in [-0.2, 0) is 11.2 Å². The van der Waals surface area contributed by atoms with Crippen molar-refractivity contribution in [2.24, 2.45) is 5.73 Å². The Hall–Kier alpha value is -2.63. The van der Waals surface area contributed by atoms with Crippen LogP contribution in [0.2, 0.25) is 0 Å². The first-order valence-corrected chi connectivity index (χ1v) is 8.12. The zero-order chi connectivity index (χ0) is 17.4. The Balaban J connectivity index is 1.94. The number of hydrogen-bond acceptors (Lipinski definition) is 4. The fourth-order valence-corrected chi connectivity index (χ4v) is 3.32. The summed E-state index contributed by atoms with van der Waals surface area (Å²) in [6.45, 7) is 6.07. The van der Waals surface area contributed by atoms with E-state index in [1.807, 2.05) is 20.8 Å². The van der Waals surface area contributed by atoms with Crippen molar-refractivity contribution in [2.75, 3.05) is 5.32 Å². The first-order valence-electron chi connectivity index (χ1n) is 8.12. The molecule has 1 amide bonds. The van der Waals surface area contributed by atoms with Crippen LogP contribution in [0.5, 0.6) is 0 Å². The Morgan fingerprint density at radius 2 is 2.17 bits per heavy atom. The van der Waals surface area contributed by atoms with Crippen LogP contribution in [-0.4, -0.2) is 15.5 Å². The van der Waals surface area contributed by atoms with E-state index in [4.69, 9.17) is 5.73 Å². The number of aryl methyl sites for hydroxylation is 3. The third-order valence-corrected chi connectivity index (χ3v) is 4.64. The number of carbonyl (C=O) groups is 1. The molecule has 24 heavy (non-hydrogen) atoms. The normalized spacial score (nSPS) is 17.4. The summed E-state index contributed by atoms with van der Waals surface area (Å²) in [6.07, 6.45) is 2.85. The molecular formula is C18H22N4O2. The third kappa shape index (κ3) is 2.79. The molecule has 0 bridgehead atoms. The molecule has 0 saturated carbocycles. The van der Waals surface area contributed by atoms with Crippen molar-refractivity contribution in [2.45, 2.75) is 45.7 Å². The molecule has 126 valence electrons. The molecule has 0 fully saturated rings. The van der Waals surface area contributed by atoms with Crippen LogP contribution in [0.15, 0.2) is 29.2 Å². The number of benzene rings is 1. The van der Waals surface area contributed by atoms with Gasteiger partial charge in [0.15, 0.2) is 5.82 Å². The minimum absolute atomic E-state index is 0.0721. The van der Waals surface area contributed by atoms with Gasteiger partial charge in [-0.1, -0.05) is 23.8 Å². The molecule has 3 rings (SSSR count). The van der Waals surface area contributed by atoms with Gasteiger partial charge in [0.1, 0.15) is 6.04 Å². The van der Waals surface area contributed by atoms with Gasteiger partial charge < -0.3 is 11.1 Å². The number of nitrogens with one attached hydrogen (secondary N) is 1. The summed E-state index contributed by atoms with van der Waals surface area (Å²) < 4.78 is 1.48. The lowest BCUT2D eigenvalue weighted by Gasteiger charge is -2.19. The van der Waals surface area contributed by atoms with Crippen molar-refractivity contribution in [1.82, 2.24) is 9.55 Å². The highest BCUT2D eigenvalue weighted by molar-refractivity contribution is 5.79. The lowest BCUT2D eigenvalue weighted by Crippen LogP contribution is -2.33. The minimum atomic E-state index is -0.577. The Kier molecular flexibility index (Phi) is 4.13. The highest BCUT2D eigenvalue weighted by atomic mass is 16.2. The quantitative estimate of drug-likeness (QED) is 0.899. The van der Waals surface area contributed by atoms with Crippen LogP contribution >= 0.6 is 0 Å². The first-order chi connectivity index (χ1) is 11.4. The number of nitrogens with two attached hydrogens (primary N) is 1. The van der Waals surface area contributed by atoms with Crippen LogP contribution in [0.25, 0.3) is 0 Å². The van der Waals surface area contributed by atoms with Gasteiger partial charge in [-0.05, 0) is 44.7 Å². The molecule has 6 heteroatoms. The standard InChI is InChI=1S/C18H22N4O2/c1-10-4-5-11(2)14(8-10)12(3)21-17-18(24)22-13(9-20-17)6-7-15(22)16(19)23/h4-5,8-9,12,15H,6-7H2,1-3H3,(H2,19,23)(H,20,21)/t12-,15?/m1/s1. The lowest BCUT2D eigenvalue weighted by molar-refractivity contribution is -0.121. The summed E-state index contributed by atoms with van der Waals surface area (Å²) in [7, 11) is 0. The number of carbonyl (C=O) groups excluding carboxylic acids is 1. The molecule has 2 aromatic rings. The van der Waals surface area contributed by atoms with Crippen molar-refractivity contribution in [3.05, 3.63) is 57.1 Å². The van der Waals surface area contributed by atoms with Crippen molar-refractivity contribution in [3.63, 3.8) is 0 Å². The second-order valence-electron chi connectivity index (χ2n) is 6.46. The molecule has 2 heterocycles. The monoisotopic (exact) mass is 326 g/mol. The fourth-order valence-electron chi connectivity index (χ4n) is 3.32. The first kappa shape index (κ1) is 16.2. The van der Waals surface area contributed by atoms with Crippen LogP contribution < -0.4 is 16.6 Å². The second kappa shape index (κ2) is 6.11. The number of amides is 1. The van der Waals surface area contributed by atoms with Gasteiger partial charge in [-0.3, -0.25) is 14.2 Å². The second-order valence-corrected chi connectivity index (χ2v) is 6.46. The molecule has 1 aromatic carbocycles. The van der Waals surface area contributed by atoms with Gasteiger partial charge in [0.2, 0.25) is 5.91 Å². The number of rotatable bonds is 4. The average Bonchev–Trinajstić information content (AvgIpc) is 2.97. The number of fused-ring (bicyclic) bond motifs is 1. The van der Waals surface area contributed by atoms with Crippen molar-refractivity contribution in [3.8, 4) is 0 Å². The zero-order valence-corrected chi connectivity index (χ0v) is 14.2. The zero-order valence-electron chi connectivity index (χ0n) is 14.2. The summed E-state index contributed by atoms with van der Waals surface area (Å²) in [5.41, 5.74) is 9.32. The molecule has 0 radical (unpaired) electrons. The fraction of sp³-hybridized carbons (Fsp3) is 0.389. The lowest BCUT2D eigenvalue weighted by atomic mass is 10.00. The maximum Gasteiger partial charge on any atom is 0.294 e. The molecule has 3 N–H and O–H groups in total. The van der Waals surface area contributed by atoms with Gasteiger partial charge in [0.05, 0.1) is 6.04 Å². The topological polar surface area (TPSA) is 90.0 Å². The van der Waals surface area contributed by atoms with Gasteiger partial charge in [-0.2, -0.15) is 0 Å². The number of primary amides is 1. The summed E-state index contributed by atoms with van der Waals surface area (Å²) >= 11 is 0. The van der Waals surface area contributed by atoms with E-state index in [1.165, 1.54) is 4.57 Å². The summed E-state index contributed by atoms with van der Waals surface area (Å²) in [6, 6.07) is 5.58. The van der Waals surface area contributed by atoms with E-state index in [9.17, 15) is 9.59 Å². The maximum atomic E-state index is 12.7. The highest BCUT2D eigenvalue weighted by Gasteiger charge is 2.29. The average molecular weight is 326 g/mol. The van der Waals surface area contributed by atoms with Crippen LogP contribution in [0.3, 0.4) is 0 Å². The van der Waals surface area contributed by atoms with Crippen LogP contribution in [0, 0.1) is 13.8 Å². The van der Waals surface area contributed by atoms with Crippen molar-refractivity contribution >= 4 is 11.7 Å². The molecule has 6 nitrogen and oxygen atoms in total. The van der Waals surface area contributed by atoms with E-state index in [2.05, 4.69) is 28.5 Å². The summed E-state index contributed by atoms with van der Waals surface area (Å²) in [5, 5.41) is 3.19. The molecular weight excluding hydrogens is 304 g/mol. The van der Waals surface area contributed by atoms with Gasteiger partial charge in [0.25, 0.3) is 5.56 Å². The largest absolute Gasteiger partial charge is 0.368 e. The number of nitrogens with zero attached hydrogens (tertiary/aromatic N) is 2. The number of aromatic nitrogens is 2. The van der Waals surface area contributed by atoms with Crippen molar-refractivity contribution < 1.29 is 4.79 Å². The maximum absolute atomic E-state index is 12.7. The van der Waals surface area contributed by atoms with Gasteiger partial charge in [-0.25, -0.2) is 4.98 Å². The molecule has 1 aliphatic heterocycles. The minimum Gasteiger partial charge on any atom is -0.368 e. The van der Waals surface area contributed by atoms with E-state index in [1.54, 1.807) is 6.20 Å². The predicted octanol–water partition coefficient (Wildman–Crippen LogP) is 2.01. The summed E-state index contributed by atoms with van der Waals surface area (Å²) in [4.78, 5) is 28.6. The Morgan fingerprint density at radius 1 is 1.42 bits per heavy atom. The molecule has 0 spiro atoms. The predicted molar refractivity (Wildman–Crippen MR) is 93.0 cm³/mol. The van der Waals surface area contributed by atoms with E-state index in [0.29, 0.717) is 12.8 Å².